The lowest BCUT2D eigenvalue weighted by atomic mass is 10.0. The van der Waals surface area contributed by atoms with E-state index in [0.717, 1.165) is 64.8 Å². The van der Waals surface area contributed by atoms with E-state index in [1.807, 2.05) is 72.8 Å². The molecule has 5 nitrogen and oxygen atoms in total. The molecule has 0 aliphatic rings. The number of benzene rings is 6. The Kier molecular flexibility index (Phi) is 5.61. The Morgan fingerprint density at radius 1 is 0.455 bits per heavy atom. The van der Waals surface area contributed by atoms with Crippen molar-refractivity contribution in [2.24, 2.45) is 0 Å². The maximum absolute atomic E-state index is 6.41. The first kappa shape index (κ1) is 24.8. The fraction of sp³-hybridized carbons (Fsp3) is 0. The Morgan fingerprint density at radius 2 is 1.14 bits per heavy atom. The average molecular weight is 583 g/mol. The molecule has 3 heterocycles. The number of hydrogen-bond acceptors (Lipinski definition) is 6. The smallest absolute Gasteiger partial charge is 0.164 e. The normalized spacial score (nSPS) is 11.6. The Labute approximate surface area is 256 Å². The van der Waals surface area contributed by atoms with E-state index in [1.165, 1.54) is 5.39 Å². The maximum atomic E-state index is 6.41. The van der Waals surface area contributed by atoms with E-state index in [1.54, 1.807) is 11.3 Å². The highest BCUT2D eigenvalue weighted by Gasteiger charge is 2.21. The van der Waals surface area contributed by atoms with E-state index in [0.29, 0.717) is 17.5 Å². The number of hydrogen-bond donors (Lipinski definition) is 0. The summed E-state index contributed by atoms with van der Waals surface area (Å²) in [5, 5.41) is 5.21. The van der Waals surface area contributed by atoms with Crippen LogP contribution in [-0.2, 0) is 0 Å². The maximum Gasteiger partial charge on any atom is 0.164 e. The molecule has 0 atom stereocenters. The Hall–Kier alpha value is -5.72. The Morgan fingerprint density at radius 3 is 1.95 bits per heavy atom. The quantitative estimate of drug-likeness (QED) is 0.207. The van der Waals surface area contributed by atoms with Crippen molar-refractivity contribution in [3.8, 4) is 44.7 Å². The lowest BCUT2D eigenvalue weighted by Gasteiger charge is -2.10. The van der Waals surface area contributed by atoms with Crippen LogP contribution in [0.1, 0.15) is 0 Å². The van der Waals surface area contributed by atoms with Gasteiger partial charge in [0.2, 0.25) is 0 Å². The van der Waals surface area contributed by atoms with Crippen LogP contribution in [0.2, 0.25) is 0 Å². The van der Waals surface area contributed by atoms with Crippen LogP contribution in [0.15, 0.2) is 138 Å². The van der Waals surface area contributed by atoms with Gasteiger partial charge in [-0.25, -0.2) is 19.9 Å². The number of thiazole rings is 1. The summed E-state index contributed by atoms with van der Waals surface area (Å²) in [4.78, 5) is 20.2. The van der Waals surface area contributed by atoms with Gasteiger partial charge in [0.1, 0.15) is 16.2 Å². The molecule has 0 aliphatic heterocycles. The van der Waals surface area contributed by atoms with Crippen molar-refractivity contribution in [1.82, 2.24) is 19.9 Å². The third kappa shape index (κ3) is 4.07. The van der Waals surface area contributed by atoms with Crippen molar-refractivity contribution in [2.45, 2.75) is 0 Å². The summed E-state index contributed by atoms with van der Waals surface area (Å²) in [5.74, 6) is 1.83. The number of nitrogens with zero attached hydrogens (tertiary/aromatic N) is 4. The molecule has 0 bridgehead atoms. The second-order valence-electron chi connectivity index (χ2n) is 10.7. The summed E-state index contributed by atoms with van der Waals surface area (Å²) in [5.41, 5.74) is 6.32. The minimum atomic E-state index is 0.589. The largest absolute Gasteiger partial charge is 0.456 e. The van der Waals surface area contributed by atoms with Gasteiger partial charge in [0, 0.05) is 27.6 Å². The topological polar surface area (TPSA) is 64.7 Å². The van der Waals surface area contributed by atoms with Gasteiger partial charge in [-0.05, 0) is 35.0 Å². The standard InChI is InChI=1S/C38H22N4OS/c1-3-11-24(12-4-1)35-40-36(27-19-18-23-10-7-8-15-26(23)22-27)42-37(41-35)28-16-9-17-29-32(28)33-30(43-29)20-21-31-34(33)39-38(44-31)25-13-5-2-6-14-25/h1-22H. The van der Waals surface area contributed by atoms with Crippen molar-refractivity contribution in [1.29, 1.82) is 0 Å². The fourth-order valence-electron chi connectivity index (χ4n) is 5.86. The fourth-order valence-corrected chi connectivity index (χ4v) is 6.83. The molecule has 0 saturated carbocycles. The van der Waals surface area contributed by atoms with E-state index in [4.69, 9.17) is 24.4 Å². The van der Waals surface area contributed by atoms with Crippen molar-refractivity contribution >= 4 is 54.3 Å². The van der Waals surface area contributed by atoms with Gasteiger partial charge < -0.3 is 4.42 Å². The first-order valence-corrected chi connectivity index (χ1v) is 15.2. The number of rotatable bonds is 4. The third-order valence-corrected chi connectivity index (χ3v) is 9.03. The molecular weight excluding hydrogens is 561 g/mol. The summed E-state index contributed by atoms with van der Waals surface area (Å²) in [7, 11) is 0. The Balaban J connectivity index is 1.31. The van der Waals surface area contributed by atoms with Gasteiger partial charge in [0.15, 0.2) is 17.5 Å². The monoisotopic (exact) mass is 582 g/mol. The minimum absolute atomic E-state index is 0.589. The van der Waals surface area contributed by atoms with Gasteiger partial charge in [-0.1, -0.05) is 109 Å². The Bertz CT molecular complexity index is 2500. The molecule has 0 amide bonds. The molecule has 0 saturated heterocycles. The highest BCUT2D eigenvalue weighted by Crippen LogP contribution is 2.42. The van der Waals surface area contributed by atoms with E-state index in [2.05, 4.69) is 60.7 Å². The van der Waals surface area contributed by atoms with Crippen LogP contribution in [0.3, 0.4) is 0 Å². The summed E-state index contributed by atoms with van der Waals surface area (Å²) < 4.78 is 7.51. The van der Waals surface area contributed by atoms with Crippen LogP contribution in [0.25, 0.3) is 87.7 Å². The highest BCUT2D eigenvalue weighted by molar-refractivity contribution is 7.21. The number of fused-ring (bicyclic) bond motifs is 6. The SMILES string of the molecule is c1ccc(-c2nc(-c3ccc4ccccc4c3)nc(-c3cccc4oc5ccc6sc(-c7ccccc7)nc6c5c34)n2)cc1. The van der Waals surface area contributed by atoms with Crippen LogP contribution in [-0.4, -0.2) is 19.9 Å². The van der Waals surface area contributed by atoms with Crippen LogP contribution < -0.4 is 0 Å². The van der Waals surface area contributed by atoms with Crippen LogP contribution >= 0.6 is 11.3 Å². The molecule has 0 unspecified atom stereocenters. The second-order valence-corrected chi connectivity index (χ2v) is 11.7. The van der Waals surface area contributed by atoms with Gasteiger partial charge in [-0.2, -0.15) is 0 Å². The van der Waals surface area contributed by atoms with E-state index in [9.17, 15) is 0 Å². The van der Waals surface area contributed by atoms with Crippen LogP contribution in [0, 0.1) is 0 Å². The molecule has 6 aromatic carbocycles. The van der Waals surface area contributed by atoms with E-state index in [-0.39, 0.29) is 0 Å². The molecule has 3 aromatic heterocycles. The van der Waals surface area contributed by atoms with Crippen molar-refractivity contribution in [3.05, 3.63) is 133 Å². The average Bonchev–Trinajstić information content (AvgIpc) is 3.70. The molecule has 0 spiro atoms. The van der Waals surface area contributed by atoms with Gasteiger partial charge in [-0.3, -0.25) is 0 Å². The molecule has 0 N–H and O–H groups in total. The third-order valence-electron chi connectivity index (χ3n) is 7.96. The lowest BCUT2D eigenvalue weighted by Crippen LogP contribution is -2.00. The molecule has 206 valence electrons. The molecule has 0 radical (unpaired) electrons. The summed E-state index contributed by atoms with van der Waals surface area (Å²) in [6, 6.07) is 45.2. The zero-order valence-corrected chi connectivity index (χ0v) is 24.1. The molecule has 9 aromatic rings. The minimum Gasteiger partial charge on any atom is -0.456 e. The molecule has 0 fully saturated rings. The van der Waals surface area contributed by atoms with Crippen LogP contribution in [0.4, 0.5) is 0 Å². The molecule has 9 rings (SSSR count). The molecular formula is C38H22N4OS. The van der Waals surface area contributed by atoms with Gasteiger partial charge in [-0.15, -0.1) is 11.3 Å². The second kappa shape index (κ2) is 9.93. The van der Waals surface area contributed by atoms with Gasteiger partial charge >= 0.3 is 0 Å². The molecule has 0 aliphatic carbocycles. The first-order valence-electron chi connectivity index (χ1n) is 14.4. The van der Waals surface area contributed by atoms with Crippen molar-refractivity contribution in [2.75, 3.05) is 0 Å². The summed E-state index contributed by atoms with van der Waals surface area (Å²) >= 11 is 1.69. The zero-order valence-electron chi connectivity index (χ0n) is 23.3. The van der Waals surface area contributed by atoms with Crippen molar-refractivity contribution in [3.63, 3.8) is 0 Å². The van der Waals surface area contributed by atoms with E-state index < -0.39 is 0 Å². The zero-order chi connectivity index (χ0) is 29.0. The van der Waals surface area contributed by atoms with E-state index >= 15 is 0 Å². The van der Waals surface area contributed by atoms with Crippen molar-refractivity contribution < 1.29 is 4.42 Å². The highest BCUT2D eigenvalue weighted by atomic mass is 32.1. The lowest BCUT2D eigenvalue weighted by molar-refractivity contribution is 0.669. The predicted octanol–water partition coefficient (Wildman–Crippen LogP) is 10.2. The van der Waals surface area contributed by atoms with Crippen LogP contribution in [0.5, 0.6) is 0 Å². The number of aromatic nitrogens is 4. The van der Waals surface area contributed by atoms with Gasteiger partial charge in [0.25, 0.3) is 0 Å². The first-order chi connectivity index (χ1) is 21.8. The molecule has 44 heavy (non-hydrogen) atoms. The molecule has 6 heteroatoms. The van der Waals surface area contributed by atoms with Gasteiger partial charge in [0.05, 0.1) is 15.6 Å². The summed E-state index contributed by atoms with van der Waals surface area (Å²) in [6.07, 6.45) is 0. The number of furan rings is 1. The predicted molar refractivity (Wildman–Crippen MR) is 180 cm³/mol. The summed E-state index contributed by atoms with van der Waals surface area (Å²) in [6.45, 7) is 0.